The van der Waals surface area contributed by atoms with Gasteiger partial charge in [-0.3, -0.25) is 0 Å². The topological polar surface area (TPSA) is 20.2 Å². The summed E-state index contributed by atoms with van der Waals surface area (Å²) in [5.74, 6) is 0.775. The van der Waals surface area contributed by atoms with Crippen LogP contribution in [0.15, 0.2) is 12.2 Å². The van der Waals surface area contributed by atoms with E-state index in [9.17, 15) is 0 Å². The van der Waals surface area contributed by atoms with E-state index >= 15 is 0 Å². The summed E-state index contributed by atoms with van der Waals surface area (Å²) in [7, 11) is 0. The van der Waals surface area contributed by atoms with Gasteiger partial charge in [0.1, 0.15) is 0 Å². The Labute approximate surface area is 196 Å². The summed E-state index contributed by atoms with van der Waals surface area (Å²) in [5, 5.41) is 8.44. The molecule has 0 saturated heterocycles. The first-order valence-electron chi connectivity index (χ1n) is 12.2. The minimum absolute atomic E-state index is 0. The normalized spacial score (nSPS) is 16.1. The third-order valence-corrected chi connectivity index (χ3v) is 14.7. The minimum atomic E-state index is -0.839. The van der Waals surface area contributed by atoms with E-state index in [1.807, 2.05) is 6.08 Å². The molecule has 0 aliphatic heterocycles. The molecule has 1 N–H and O–H groups in total. The monoisotopic (exact) mass is 542 g/mol. The van der Waals surface area contributed by atoms with E-state index in [1.165, 1.54) is 89.9 Å². The van der Waals surface area contributed by atoms with Crippen LogP contribution >= 0.6 is 0 Å². The maximum atomic E-state index is 8.44. The Bertz CT molecular complexity index is 272. The van der Waals surface area contributed by atoms with Gasteiger partial charge < -0.3 is 11.5 Å². The van der Waals surface area contributed by atoms with Gasteiger partial charge in [0.25, 0.3) is 0 Å². The van der Waals surface area contributed by atoms with E-state index in [4.69, 9.17) is 5.11 Å². The van der Waals surface area contributed by atoms with Crippen molar-refractivity contribution in [3.05, 3.63) is 18.6 Å². The molecule has 2 aliphatic carbocycles. The summed E-state index contributed by atoms with van der Waals surface area (Å²) in [5.41, 5.74) is 0. The zero-order valence-corrected chi connectivity index (χ0v) is 23.3. The van der Waals surface area contributed by atoms with Gasteiger partial charge in [-0.05, 0) is 18.8 Å². The molecule has 0 aromatic carbocycles. The average Bonchev–Trinajstić information content (AvgIpc) is 3.43. The fourth-order valence-corrected chi connectivity index (χ4v) is 13.2. The van der Waals surface area contributed by atoms with Crippen molar-refractivity contribution >= 4 is 19.8 Å². The molecule has 28 heavy (non-hydrogen) atoms. The summed E-state index contributed by atoms with van der Waals surface area (Å²) >= 11 is -0.839. The van der Waals surface area contributed by atoms with Gasteiger partial charge in [-0.15, -0.1) is 0 Å². The van der Waals surface area contributed by atoms with Crippen molar-refractivity contribution in [2.45, 2.75) is 124 Å². The van der Waals surface area contributed by atoms with Gasteiger partial charge in [-0.1, -0.05) is 37.8 Å². The molecule has 2 rings (SSSR count). The molecule has 3 heteroatoms. The zero-order valence-electron chi connectivity index (χ0n) is 19.3. The average molecular weight is 541 g/mol. The molecule has 0 unspecified atom stereocenters. The van der Waals surface area contributed by atoms with Gasteiger partial charge >= 0.3 is 109 Å². The SMILES string of the molecule is CCC[CH2][Sn+]([CH2]CCC)[CH2]CCC.OC/C=C/C1CCCC1.[CH-]1CCCC1.[Fe+2]. The van der Waals surface area contributed by atoms with Crippen molar-refractivity contribution in [3.63, 3.8) is 0 Å². The number of unbranched alkanes of at least 4 members (excludes halogenated alkanes) is 3. The van der Waals surface area contributed by atoms with Gasteiger partial charge in [0.15, 0.2) is 0 Å². The van der Waals surface area contributed by atoms with Crippen molar-refractivity contribution < 1.29 is 22.2 Å². The maximum Gasteiger partial charge on any atom is 2.00 e. The number of aliphatic hydroxyl groups excluding tert-OH is 1. The summed E-state index contributed by atoms with van der Waals surface area (Å²) < 4.78 is 5.04. The first-order valence-corrected chi connectivity index (χ1v) is 18.3. The van der Waals surface area contributed by atoms with E-state index in [0.717, 1.165) is 5.92 Å². The molecule has 0 atom stereocenters. The Kier molecular flexibility index (Phi) is 29.0. The quantitative estimate of drug-likeness (QED) is 0.158. The number of aliphatic hydroxyl groups is 1. The second-order valence-electron chi connectivity index (χ2n) is 8.29. The second-order valence-corrected chi connectivity index (χ2v) is 16.9. The van der Waals surface area contributed by atoms with Crippen LogP contribution in [0, 0.1) is 12.3 Å². The number of allylic oxidation sites excluding steroid dienone is 1. The second kappa shape index (κ2) is 26.1. The smallest absolute Gasteiger partial charge is 0.392 e. The largest absolute Gasteiger partial charge is 2.00 e. The summed E-state index contributed by atoms with van der Waals surface area (Å²) in [6.07, 6.45) is 26.3. The molecule has 0 bridgehead atoms. The maximum absolute atomic E-state index is 8.44. The number of hydrogen-bond donors (Lipinski definition) is 1. The Morgan fingerprint density at radius 1 is 0.821 bits per heavy atom. The van der Waals surface area contributed by atoms with Crippen LogP contribution in [0.25, 0.3) is 0 Å². The van der Waals surface area contributed by atoms with Gasteiger partial charge in [0.2, 0.25) is 0 Å². The van der Waals surface area contributed by atoms with E-state index in [1.54, 1.807) is 13.3 Å². The van der Waals surface area contributed by atoms with Crippen molar-refractivity contribution in [2.75, 3.05) is 6.61 Å². The summed E-state index contributed by atoms with van der Waals surface area (Å²) in [4.78, 5) is 0. The molecule has 0 aromatic heterocycles. The van der Waals surface area contributed by atoms with Crippen LogP contribution in [0.5, 0.6) is 0 Å². The molecule has 1 nitrogen and oxygen atoms in total. The molecule has 0 spiro atoms. The third-order valence-electron chi connectivity index (χ3n) is 5.63. The molecular formula is C25H50FeOSn+2. The Hall–Kier alpha value is 1.02. The van der Waals surface area contributed by atoms with Crippen LogP contribution in [0.4, 0.5) is 0 Å². The third kappa shape index (κ3) is 21.7. The number of hydrogen-bond acceptors (Lipinski definition) is 1. The molecule has 2 saturated carbocycles. The van der Waals surface area contributed by atoms with Crippen LogP contribution in [-0.2, 0) is 17.1 Å². The zero-order chi connectivity index (χ0) is 20.0. The van der Waals surface area contributed by atoms with Crippen LogP contribution in [0.2, 0.25) is 13.3 Å². The summed E-state index contributed by atoms with van der Waals surface area (Å²) in [6.45, 7) is 7.21. The molecule has 166 valence electrons. The van der Waals surface area contributed by atoms with Crippen molar-refractivity contribution in [1.82, 2.24) is 0 Å². The first-order chi connectivity index (χ1) is 13.3. The van der Waals surface area contributed by atoms with Crippen molar-refractivity contribution in [1.29, 1.82) is 0 Å². The predicted octanol–water partition coefficient (Wildman–Crippen LogP) is 8.37. The van der Waals surface area contributed by atoms with Crippen LogP contribution in [0.1, 0.15) is 111 Å². The standard InChI is InChI=1S/C8H14O.C5H9.3C4H9.Fe.Sn/c9-7-3-6-8-4-1-2-5-8;1-2-4-5-3-1;3*1-3-4-2;;/h3,6,8-9H,1-2,4-5,7H2;1H,2-5H2;3*1,3-4H2,2H3;;/q;-1;;;;+2;+1/b6-3+;;;;;;. The molecule has 0 radical (unpaired) electrons. The molecule has 0 amide bonds. The van der Waals surface area contributed by atoms with E-state index in [0.29, 0.717) is 0 Å². The fourth-order valence-electron chi connectivity index (χ4n) is 3.78. The molecule has 0 heterocycles. The molecule has 2 aliphatic rings. The van der Waals surface area contributed by atoms with Gasteiger partial charge in [0, 0.05) is 0 Å². The Balaban J connectivity index is 0. The minimum Gasteiger partial charge on any atom is -0.392 e. The predicted molar refractivity (Wildman–Crippen MR) is 126 cm³/mol. The van der Waals surface area contributed by atoms with E-state index in [2.05, 4.69) is 33.3 Å². The van der Waals surface area contributed by atoms with Crippen LogP contribution in [-0.4, -0.2) is 31.5 Å². The van der Waals surface area contributed by atoms with Gasteiger partial charge in [-0.25, -0.2) is 0 Å². The van der Waals surface area contributed by atoms with Crippen molar-refractivity contribution in [3.8, 4) is 0 Å². The molecular weight excluding hydrogens is 491 g/mol. The van der Waals surface area contributed by atoms with E-state index in [-0.39, 0.29) is 23.7 Å². The van der Waals surface area contributed by atoms with Gasteiger partial charge in [-0.2, -0.15) is 12.8 Å². The number of rotatable bonds is 11. The fraction of sp³-hybridized carbons (Fsp3) is 0.880. The van der Waals surface area contributed by atoms with E-state index < -0.39 is 19.8 Å². The summed E-state index contributed by atoms with van der Waals surface area (Å²) in [6, 6.07) is 0. The molecule has 0 aromatic rings. The Morgan fingerprint density at radius 3 is 1.61 bits per heavy atom. The van der Waals surface area contributed by atoms with Crippen molar-refractivity contribution in [2.24, 2.45) is 5.92 Å². The van der Waals surface area contributed by atoms with Crippen LogP contribution < -0.4 is 0 Å². The first kappa shape index (κ1) is 31.2. The Morgan fingerprint density at radius 2 is 1.29 bits per heavy atom. The van der Waals surface area contributed by atoms with Crippen LogP contribution in [0.3, 0.4) is 0 Å². The van der Waals surface area contributed by atoms with Gasteiger partial charge in [0.05, 0.1) is 6.61 Å². The molecule has 2 fully saturated rings.